The van der Waals surface area contributed by atoms with Crippen LogP contribution in [0.5, 0.6) is 0 Å². The minimum absolute atomic E-state index is 0.196. The summed E-state index contributed by atoms with van der Waals surface area (Å²) in [6.07, 6.45) is 12.1. The largest absolute Gasteiger partial charge is 0.206 e. The van der Waals surface area contributed by atoms with Gasteiger partial charge in [0.05, 0.1) is 11.4 Å². The van der Waals surface area contributed by atoms with E-state index in [1.165, 1.54) is 38.5 Å². The summed E-state index contributed by atoms with van der Waals surface area (Å²) in [7, 11) is 0. The van der Waals surface area contributed by atoms with Crippen LogP contribution in [0.3, 0.4) is 0 Å². The molecule has 1 aliphatic carbocycles. The van der Waals surface area contributed by atoms with E-state index in [1.54, 1.807) is 6.07 Å². The second-order valence-corrected chi connectivity index (χ2v) is 8.16. The van der Waals surface area contributed by atoms with E-state index in [4.69, 9.17) is 0 Å². The third-order valence-corrected chi connectivity index (χ3v) is 6.20. The molecule has 3 rings (SSSR count). The highest BCUT2D eigenvalue weighted by molar-refractivity contribution is 5.59. The second kappa shape index (κ2) is 9.96. The van der Waals surface area contributed by atoms with Gasteiger partial charge in [0.25, 0.3) is 0 Å². The summed E-state index contributed by atoms with van der Waals surface area (Å²) < 4.78 is 14.4. The number of aryl methyl sites for hydroxylation is 2. The number of hydrogen-bond acceptors (Lipinski definition) is 2. The molecule has 0 spiro atoms. The van der Waals surface area contributed by atoms with Crippen molar-refractivity contribution in [3.63, 3.8) is 0 Å². The summed E-state index contributed by atoms with van der Waals surface area (Å²) >= 11 is 0. The summed E-state index contributed by atoms with van der Waals surface area (Å²) in [5.74, 6) is 1.59. The number of unbranched alkanes of at least 4 members (excludes halogenated alkanes) is 1. The van der Waals surface area contributed by atoms with Crippen LogP contribution in [0.25, 0.3) is 11.3 Å². The Labute approximate surface area is 163 Å². The van der Waals surface area contributed by atoms with E-state index in [-0.39, 0.29) is 5.82 Å². The minimum atomic E-state index is -0.196. The molecule has 0 bridgehead atoms. The zero-order chi connectivity index (χ0) is 19.1. The molecular formula is C24H33FN2. The molecule has 1 aromatic carbocycles. The van der Waals surface area contributed by atoms with Crippen LogP contribution in [0.15, 0.2) is 30.3 Å². The minimum Gasteiger partial charge on any atom is -0.206 e. The van der Waals surface area contributed by atoms with E-state index < -0.39 is 0 Å². The topological polar surface area (TPSA) is 25.8 Å². The number of halogens is 1. The van der Waals surface area contributed by atoms with Crippen molar-refractivity contribution in [3.05, 3.63) is 47.4 Å². The lowest BCUT2D eigenvalue weighted by Gasteiger charge is -2.27. The molecule has 2 aromatic rings. The van der Waals surface area contributed by atoms with Gasteiger partial charge in [-0.05, 0) is 67.3 Å². The van der Waals surface area contributed by atoms with Crippen LogP contribution in [0.1, 0.15) is 76.5 Å². The Balaban J connectivity index is 1.55. The van der Waals surface area contributed by atoms with Crippen LogP contribution in [0, 0.1) is 17.7 Å². The number of nitrogens with zero attached hydrogens (tertiary/aromatic N) is 2. The fraction of sp³-hybridized carbons (Fsp3) is 0.583. The summed E-state index contributed by atoms with van der Waals surface area (Å²) in [5.41, 5.74) is 3.26. The fourth-order valence-corrected chi connectivity index (χ4v) is 4.22. The molecule has 1 aromatic heterocycles. The highest BCUT2D eigenvalue weighted by Gasteiger charge is 2.19. The van der Waals surface area contributed by atoms with Gasteiger partial charge in [-0.15, -0.1) is 0 Å². The summed E-state index contributed by atoms with van der Waals surface area (Å²) in [4.78, 5) is 0. The van der Waals surface area contributed by atoms with Crippen molar-refractivity contribution in [2.45, 2.75) is 78.1 Å². The van der Waals surface area contributed by atoms with Crippen molar-refractivity contribution < 1.29 is 4.39 Å². The van der Waals surface area contributed by atoms with Crippen molar-refractivity contribution in [2.75, 3.05) is 0 Å². The van der Waals surface area contributed by atoms with Crippen LogP contribution in [0.4, 0.5) is 4.39 Å². The van der Waals surface area contributed by atoms with Crippen LogP contribution in [-0.2, 0) is 12.8 Å². The van der Waals surface area contributed by atoms with Crippen molar-refractivity contribution in [1.29, 1.82) is 0 Å². The molecule has 146 valence electrons. The van der Waals surface area contributed by atoms with Gasteiger partial charge in [0.2, 0.25) is 0 Å². The number of rotatable bonds is 8. The second-order valence-electron chi connectivity index (χ2n) is 8.16. The molecule has 0 saturated heterocycles. The van der Waals surface area contributed by atoms with E-state index in [9.17, 15) is 4.39 Å². The normalized spacial score (nSPS) is 20.0. The molecule has 0 unspecified atom stereocenters. The van der Waals surface area contributed by atoms with Gasteiger partial charge in [0.1, 0.15) is 5.82 Å². The van der Waals surface area contributed by atoms with Gasteiger partial charge in [-0.1, -0.05) is 58.4 Å². The molecule has 2 nitrogen and oxygen atoms in total. The summed E-state index contributed by atoms with van der Waals surface area (Å²) in [6.45, 7) is 4.46. The highest BCUT2D eigenvalue weighted by atomic mass is 19.1. The molecule has 0 aliphatic heterocycles. The SMILES string of the molecule is CCCCc1ccc(-c2ccc(CCC3CCC(CC)CC3)nn2)c(F)c1. The standard InChI is InChI=1S/C24H33FN2/c1-3-5-6-20-12-15-22(23(25)17-20)24-16-14-21(26-27-24)13-11-19-9-7-18(4-2)8-10-19/h12,14-19H,3-11,13H2,1-2H3. The molecule has 27 heavy (non-hydrogen) atoms. The average molecular weight is 369 g/mol. The Morgan fingerprint density at radius 2 is 1.70 bits per heavy atom. The van der Waals surface area contributed by atoms with Gasteiger partial charge in [-0.2, -0.15) is 10.2 Å². The first kappa shape index (κ1) is 20.0. The van der Waals surface area contributed by atoms with Gasteiger partial charge in [-0.3, -0.25) is 0 Å². The lowest BCUT2D eigenvalue weighted by atomic mass is 9.79. The van der Waals surface area contributed by atoms with E-state index in [1.807, 2.05) is 24.3 Å². The Hall–Kier alpha value is -1.77. The van der Waals surface area contributed by atoms with Gasteiger partial charge in [0, 0.05) is 5.56 Å². The Kier molecular flexibility index (Phi) is 7.37. The summed E-state index contributed by atoms with van der Waals surface area (Å²) in [5, 5.41) is 8.67. The van der Waals surface area contributed by atoms with Crippen molar-refractivity contribution in [2.24, 2.45) is 11.8 Å². The predicted molar refractivity (Wildman–Crippen MR) is 110 cm³/mol. The van der Waals surface area contributed by atoms with Gasteiger partial charge in [0.15, 0.2) is 0 Å². The van der Waals surface area contributed by atoms with Crippen molar-refractivity contribution >= 4 is 0 Å². The Bertz CT molecular complexity index is 703. The molecule has 0 radical (unpaired) electrons. The number of aromatic nitrogens is 2. The smallest absolute Gasteiger partial charge is 0.132 e. The zero-order valence-electron chi connectivity index (χ0n) is 16.9. The number of benzene rings is 1. The zero-order valence-corrected chi connectivity index (χ0v) is 16.9. The van der Waals surface area contributed by atoms with Gasteiger partial charge >= 0.3 is 0 Å². The molecule has 1 heterocycles. The van der Waals surface area contributed by atoms with Crippen molar-refractivity contribution in [3.8, 4) is 11.3 Å². The molecule has 0 atom stereocenters. The van der Waals surface area contributed by atoms with Crippen LogP contribution in [-0.4, -0.2) is 10.2 Å². The quantitative estimate of drug-likeness (QED) is 0.513. The Morgan fingerprint density at radius 3 is 2.33 bits per heavy atom. The predicted octanol–water partition coefficient (Wildman–Crippen LogP) is 6.77. The number of hydrogen-bond donors (Lipinski definition) is 0. The van der Waals surface area contributed by atoms with Gasteiger partial charge in [-0.25, -0.2) is 4.39 Å². The Morgan fingerprint density at radius 1 is 0.926 bits per heavy atom. The third kappa shape index (κ3) is 5.60. The first-order chi connectivity index (χ1) is 13.2. The third-order valence-electron chi connectivity index (χ3n) is 6.20. The maximum absolute atomic E-state index is 14.4. The van der Waals surface area contributed by atoms with Crippen LogP contribution in [0.2, 0.25) is 0 Å². The molecule has 3 heteroatoms. The summed E-state index contributed by atoms with van der Waals surface area (Å²) in [6, 6.07) is 9.44. The van der Waals surface area contributed by atoms with Crippen LogP contribution >= 0.6 is 0 Å². The molecular weight excluding hydrogens is 335 g/mol. The lowest BCUT2D eigenvalue weighted by Crippen LogP contribution is -2.14. The molecule has 1 aliphatic rings. The first-order valence-electron chi connectivity index (χ1n) is 10.8. The van der Waals surface area contributed by atoms with Crippen molar-refractivity contribution in [1.82, 2.24) is 10.2 Å². The first-order valence-corrected chi connectivity index (χ1v) is 10.8. The van der Waals surface area contributed by atoms with E-state index in [0.29, 0.717) is 11.3 Å². The maximum Gasteiger partial charge on any atom is 0.132 e. The van der Waals surface area contributed by atoms with E-state index >= 15 is 0 Å². The monoisotopic (exact) mass is 368 g/mol. The maximum atomic E-state index is 14.4. The fourth-order valence-electron chi connectivity index (χ4n) is 4.22. The lowest BCUT2D eigenvalue weighted by molar-refractivity contribution is 0.258. The van der Waals surface area contributed by atoms with E-state index in [0.717, 1.165) is 48.8 Å². The van der Waals surface area contributed by atoms with Gasteiger partial charge < -0.3 is 0 Å². The molecule has 1 saturated carbocycles. The van der Waals surface area contributed by atoms with Crippen LogP contribution < -0.4 is 0 Å². The highest BCUT2D eigenvalue weighted by Crippen LogP contribution is 2.33. The molecule has 0 N–H and O–H groups in total. The molecule has 1 fully saturated rings. The molecule has 0 amide bonds. The average Bonchev–Trinajstić information content (AvgIpc) is 2.71. The van der Waals surface area contributed by atoms with E-state index in [2.05, 4.69) is 24.0 Å².